The van der Waals surface area contributed by atoms with E-state index in [1.54, 1.807) is 7.11 Å². The molecule has 0 fully saturated rings. The normalized spacial score (nSPS) is 11.9. The molecule has 31 heavy (non-hydrogen) atoms. The Hall–Kier alpha value is -2.15. The van der Waals surface area contributed by atoms with Crippen LogP contribution in [0.15, 0.2) is 81.7 Å². The van der Waals surface area contributed by atoms with E-state index in [-0.39, 0.29) is 5.97 Å². The van der Waals surface area contributed by atoms with E-state index in [4.69, 9.17) is 9.47 Å². The van der Waals surface area contributed by atoms with Crippen molar-refractivity contribution >= 4 is 37.8 Å². The van der Waals surface area contributed by atoms with Crippen LogP contribution in [0.1, 0.15) is 16.7 Å². The first-order valence-electron chi connectivity index (χ1n) is 9.93. The van der Waals surface area contributed by atoms with Gasteiger partial charge in [0.15, 0.2) is 0 Å². The highest BCUT2D eigenvalue weighted by atomic mass is 79.9. The van der Waals surface area contributed by atoms with Gasteiger partial charge in [-0.1, -0.05) is 60.7 Å². The molecular weight excluding hydrogens is 522 g/mol. The molecule has 0 heterocycles. The van der Waals surface area contributed by atoms with Crippen molar-refractivity contribution in [3.63, 3.8) is 0 Å². The van der Waals surface area contributed by atoms with Gasteiger partial charge in [0, 0.05) is 13.1 Å². The van der Waals surface area contributed by atoms with Gasteiger partial charge in [0.05, 0.1) is 23.2 Å². The number of hydrogen-bond acceptors (Lipinski definition) is 4. The summed E-state index contributed by atoms with van der Waals surface area (Å²) in [6, 6.07) is 23.9. The number of ether oxygens (including phenoxy) is 2. The zero-order chi connectivity index (χ0) is 22.2. The van der Waals surface area contributed by atoms with Crippen LogP contribution in [-0.4, -0.2) is 31.1 Å². The number of nitrogens with zero attached hydrogens (tertiary/aromatic N) is 1. The smallest absolute Gasteiger partial charge is 0.323 e. The van der Waals surface area contributed by atoms with Crippen LogP contribution in [0.4, 0.5) is 0 Å². The number of hydrogen-bond donors (Lipinski definition) is 0. The minimum Gasteiger partial charge on any atom is -0.494 e. The molecule has 0 amide bonds. The molecule has 0 N–H and O–H groups in total. The van der Waals surface area contributed by atoms with E-state index in [9.17, 15) is 4.79 Å². The number of rotatable bonds is 9. The summed E-state index contributed by atoms with van der Waals surface area (Å²) in [7, 11) is 3.07. The Bertz CT molecular complexity index is 932. The lowest BCUT2D eigenvalue weighted by Gasteiger charge is -2.30. The van der Waals surface area contributed by atoms with E-state index < -0.39 is 6.04 Å². The average Bonchev–Trinajstić information content (AvgIpc) is 2.78. The quantitative estimate of drug-likeness (QED) is 0.308. The minimum absolute atomic E-state index is 0.255. The van der Waals surface area contributed by atoms with Crippen molar-refractivity contribution in [2.24, 2.45) is 0 Å². The molecule has 0 unspecified atom stereocenters. The van der Waals surface area contributed by atoms with Crippen molar-refractivity contribution in [3.8, 4) is 5.75 Å². The van der Waals surface area contributed by atoms with Crippen LogP contribution >= 0.6 is 31.9 Å². The van der Waals surface area contributed by atoms with Gasteiger partial charge in [-0.25, -0.2) is 0 Å². The number of carbonyl (C=O) groups is 1. The molecule has 1 atom stereocenters. The number of methoxy groups -OCH3 is 2. The fraction of sp³-hybridized carbons (Fsp3) is 0.240. The summed E-state index contributed by atoms with van der Waals surface area (Å²) in [5.74, 6) is 0.471. The first-order valence-corrected chi connectivity index (χ1v) is 11.5. The third-order valence-corrected chi connectivity index (χ3v) is 6.24. The summed E-state index contributed by atoms with van der Waals surface area (Å²) in [4.78, 5) is 15.1. The summed E-state index contributed by atoms with van der Waals surface area (Å²) in [5, 5.41) is 0. The Labute approximate surface area is 200 Å². The van der Waals surface area contributed by atoms with Gasteiger partial charge in [-0.15, -0.1) is 0 Å². The first-order chi connectivity index (χ1) is 15.0. The second-order valence-corrected chi connectivity index (χ2v) is 8.92. The monoisotopic (exact) mass is 545 g/mol. The van der Waals surface area contributed by atoms with Gasteiger partial charge in [-0.3, -0.25) is 9.69 Å². The molecule has 0 spiro atoms. The zero-order valence-corrected chi connectivity index (χ0v) is 20.7. The third kappa shape index (κ3) is 6.42. The molecule has 3 aromatic rings. The van der Waals surface area contributed by atoms with Crippen molar-refractivity contribution < 1.29 is 14.3 Å². The standard InChI is InChI=1S/C25H25Br2NO3/c1-30-24-21(26)13-20(14-22(24)27)15-23(25(29)31-2)28(16-18-9-5-3-6-10-18)17-19-11-7-4-8-12-19/h3-14,23H,15-17H2,1-2H3/t23-/m0/s1. The Kier molecular flexibility index (Phi) is 8.69. The topological polar surface area (TPSA) is 38.8 Å². The van der Waals surface area contributed by atoms with Gasteiger partial charge in [0.2, 0.25) is 0 Å². The number of esters is 1. The number of carbonyl (C=O) groups excluding carboxylic acids is 1. The summed E-state index contributed by atoms with van der Waals surface area (Å²) in [6.07, 6.45) is 0.507. The van der Waals surface area contributed by atoms with E-state index in [0.29, 0.717) is 19.5 Å². The Morgan fingerprint density at radius 1 is 0.839 bits per heavy atom. The molecule has 3 aromatic carbocycles. The second kappa shape index (κ2) is 11.5. The molecule has 0 saturated carbocycles. The maximum atomic E-state index is 12.9. The highest BCUT2D eigenvalue weighted by Gasteiger charge is 2.28. The van der Waals surface area contributed by atoms with E-state index >= 15 is 0 Å². The first kappa shape index (κ1) is 23.5. The van der Waals surface area contributed by atoms with E-state index in [0.717, 1.165) is 31.4 Å². The predicted molar refractivity (Wildman–Crippen MR) is 130 cm³/mol. The average molecular weight is 547 g/mol. The molecule has 0 saturated heterocycles. The molecule has 0 bridgehead atoms. The molecule has 0 aliphatic carbocycles. The lowest BCUT2D eigenvalue weighted by atomic mass is 10.0. The maximum Gasteiger partial charge on any atom is 0.323 e. The molecule has 0 radical (unpaired) electrons. The number of benzene rings is 3. The van der Waals surface area contributed by atoms with Crippen LogP contribution in [0.25, 0.3) is 0 Å². The summed E-state index contributed by atoms with van der Waals surface area (Å²) in [5.41, 5.74) is 3.29. The Morgan fingerprint density at radius 3 is 1.74 bits per heavy atom. The van der Waals surface area contributed by atoms with Crippen molar-refractivity contribution in [2.45, 2.75) is 25.6 Å². The van der Waals surface area contributed by atoms with Crippen molar-refractivity contribution in [2.75, 3.05) is 14.2 Å². The molecular formula is C25H25Br2NO3. The summed E-state index contributed by atoms with van der Waals surface area (Å²) < 4.78 is 12.3. The highest BCUT2D eigenvalue weighted by molar-refractivity contribution is 9.11. The van der Waals surface area contributed by atoms with E-state index in [1.807, 2.05) is 48.5 Å². The lowest BCUT2D eigenvalue weighted by Crippen LogP contribution is -2.42. The molecule has 162 valence electrons. The van der Waals surface area contributed by atoms with E-state index in [1.165, 1.54) is 7.11 Å². The van der Waals surface area contributed by atoms with Crippen LogP contribution < -0.4 is 4.74 Å². The van der Waals surface area contributed by atoms with Crippen LogP contribution in [0.5, 0.6) is 5.75 Å². The third-order valence-electron chi connectivity index (χ3n) is 5.06. The fourth-order valence-corrected chi connectivity index (χ4v) is 5.16. The maximum absolute atomic E-state index is 12.9. The fourth-order valence-electron chi connectivity index (χ4n) is 3.56. The van der Waals surface area contributed by atoms with Crippen molar-refractivity contribution in [3.05, 3.63) is 98.4 Å². The van der Waals surface area contributed by atoms with Crippen molar-refractivity contribution in [1.82, 2.24) is 4.90 Å². The summed E-state index contributed by atoms with van der Waals surface area (Å²) >= 11 is 7.12. The SMILES string of the molecule is COC(=O)[C@H](Cc1cc(Br)c(OC)c(Br)c1)N(Cc1ccccc1)Cc1ccccc1. The second-order valence-electron chi connectivity index (χ2n) is 7.21. The largest absolute Gasteiger partial charge is 0.494 e. The highest BCUT2D eigenvalue weighted by Crippen LogP contribution is 2.35. The molecule has 6 heteroatoms. The van der Waals surface area contributed by atoms with Crippen molar-refractivity contribution in [1.29, 1.82) is 0 Å². The van der Waals surface area contributed by atoms with Gasteiger partial charge < -0.3 is 9.47 Å². The molecule has 4 nitrogen and oxygen atoms in total. The van der Waals surface area contributed by atoms with Crippen LogP contribution in [0.2, 0.25) is 0 Å². The van der Waals surface area contributed by atoms with Gasteiger partial charge in [-0.2, -0.15) is 0 Å². The summed E-state index contributed by atoms with van der Waals surface area (Å²) in [6.45, 7) is 1.27. The molecule has 3 rings (SSSR count). The Balaban J connectivity index is 1.95. The Morgan fingerprint density at radius 2 is 1.32 bits per heavy atom. The van der Waals surface area contributed by atoms with Gasteiger partial charge in [0.25, 0.3) is 0 Å². The zero-order valence-electron chi connectivity index (χ0n) is 17.6. The van der Waals surface area contributed by atoms with Gasteiger partial charge >= 0.3 is 5.97 Å². The lowest BCUT2D eigenvalue weighted by molar-refractivity contribution is -0.147. The minimum atomic E-state index is -0.447. The van der Waals surface area contributed by atoms with Crippen LogP contribution in [0, 0.1) is 0 Å². The molecule has 0 aliphatic rings. The van der Waals surface area contributed by atoms with E-state index in [2.05, 4.69) is 61.0 Å². The van der Waals surface area contributed by atoms with Gasteiger partial charge in [0.1, 0.15) is 11.8 Å². The number of halogens is 2. The van der Waals surface area contributed by atoms with Gasteiger partial charge in [-0.05, 0) is 67.1 Å². The predicted octanol–water partition coefficient (Wildman–Crippen LogP) is 6.01. The molecule has 0 aliphatic heterocycles. The van der Waals surface area contributed by atoms with Crippen LogP contribution in [0.3, 0.4) is 0 Å². The molecule has 0 aromatic heterocycles. The van der Waals surface area contributed by atoms with Crippen LogP contribution in [-0.2, 0) is 29.0 Å².